The molecule has 6 N–H and O–H groups in total. The zero-order valence-electron chi connectivity index (χ0n) is 17.2. The maximum atomic E-state index is 9.47. The van der Waals surface area contributed by atoms with Crippen LogP contribution < -0.4 is 26.8 Å². The van der Waals surface area contributed by atoms with Crippen molar-refractivity contribution in [3.63, 3.8) is 0 Å². The Bertz CT molecular complexity index is 1080. The molecule has 0 spiro atoms. The number of fused-ring (bicyclic) bond motifs is 1. The lowest BCUT2D eigenvalue weighted by atomic mass is 9.93. The van der Waals surface area contributed by atoms with Crippen LogP contribution in [0.1, 0.15) is 48.6 Å². The standard InChI is InChI=1S/C21H24N8O/c1-11(2)6-7-30-15-5-4-12(3)8-13(15)18-16-17(24)14(9-22)19(25)28-20(16)29-21(27-18)26-10-23/h4-5,8,11,18H,6-7H2,1-3H3,(H6,24,25,26,27,28,29). The molecule has 9 nitrogen and oxygen atoms in total. The quantitative estimate of drug-likeness (QED) is 0.437. The van der Waals surface area contributed by atoms with Gasteiger partial charge in [-0.2, -0.15) is 10.5 Å². The molecule has 0 radical (unpaired) electrons. The van der Waals surface area contributed by atoms with Gasteiger partial charge in [0.05, 0.1) is 12.3 Å². The molecule has 1 aromatic heterocycles. The molecule has 0 amide bonds. The number of nitrogens with one attached hydrogen (secondary N) is 2. The summed E-state index contributed by atoms with van der Waals surface area (Å²) in [6.45, 7) is 6.78. The summed E-state index contributed by atoms with van der Waals surface area (Å²) in [6, 6.07) is 7.18. The first kappa shape index (κ1) is 20.7. The third-order valence-electron chi connectivity index (χ3n) is 4.77. The van der Waals surface area contributed by atoms with Gasteiger partial charge in [-0.3, -0.25) is 5.32 Å². The van der Waals surface area contributed by atoms with Gasteiger partial charge >= 0.3 is 0 Å². The van der Waals surface area contributed by atoms with Crippen LogP contribution in [0.4, 0.5) is 17.3 Å². The van der Waals surface area contributed by atoms with Crippen molar-refractivity contribution in [2.45, 2.75) is 33.2 Å². The number of nitrogens with zero attached hydrogens (tertiary/aromatic N) is 4. The molecule has 9 heteroatoms. The minimum Gasteiger partial charge on any atom is -0.493 e. The van der Waals surface area contributed by atoms with Gasteiger partial charge in [0.15, 0.2) is 6.19 Å². The van der Waals surface area contributed by atoms with E-state index in [1.54, 1.807) is 0 Å². The highest BCUT2D eigenvalue weighted by atomic mass is 16.5. The zero-order chi connectivity index (χ0) is 21.8. The summed E-state index contributed by atoms with van der Waals surface area (Å²) in [6.07, 6.45) is 2.75. The van der Waals surface area contributed by atoms with Gasteiger partial charge in [-0.1, -0.05) is 25.5 Å². The number of aliphatic imine (C=N–C) groups is 1. The summed E-state index contributed by atoms with van der Waals surface area (Å²) in [7, 11) is 0. The molecule has 1 aliphatic rings. The van der Waals surface area contributed by atoms with E-state index in [0.717, 1.165) is 17.5 Å². The second kappa shape index (κ2) is 8.58. The highest BCUT2D eigenvalue weighted by Crippen LogP contribution is 2.43. The molecule has 0 bridgehead atoms. The Morgan fingerprint density at radius 2 is 2.07 bits per heavy atom. The first-order valence-electron chi connectivity index (χ1n) is 9.57. The summed E-state index contributed by atoms with van der Waals surface area (Å²) in [5, 5.41) is 24.0. The second-order valence-corrected chi connectivity index (χ2v) is 7.47. The van der Waals surface area contributed by atoms with Crippen LogP contribution in [-0.4, -0.2) is 17.6 Å². The van der Waals surface area contributed by atoms with E-state index in [9.17, 15) is 5.26 Å². The van der Waals surface area contributed by atoms with Crippen LogP contribution in [0.25, 0.3) is 0 Å². The molecule has 1 aromatic carbocycles. The number of pyridine rings is 1. The molecule has 154 valence electrons. The fraction of sp³-hybridized carbons (Fsp3) is 0.333. The van der Waals surface area contributed by atoms with E-state index in [-0.39, 0.29) is 23.0 Å². The number of hydrogen-bond donors (Lipinski definition) is 4. The average molecular weight is 404 g/mol. The van der Waals surface area contributed by atoms with Crippen LogP contribution >= 0.6 is 0 Å². The van der Waals surface area contributed by atoms with Gasteiger partial charge in [0.2, 0.25) is 5.96 Å². The Morgan fingerprint density at radius 1 is 1.30 bits per heavy atom. The van der Waals surface area contributed by atoms with Crippen molar-refractivity contribution in [3.05, 3.63) is 40.5 Å². The van der Waals surface area contributed by atoms with Crippen LogP contribution in [0, 0.1) is 35.6 Å². The van der Waals surface area contributed by atoms with Crippen molar-refractivity contribution in [3.8, 4) is 18.0 Å². The highest BCUT2D eigenvalue weighted by molar-refractivity contribution is 5.98. The van der Waals surface area contributed by atoms with Gasteiger partial charge in [-0.05, 0) is 31.4 Å². The Hall–Kier alpha value is -3.98. The number of benzene rings is 1. The summed E-state index contributed by atoms with van der Waals surface area (Å²) < 4.78 is 6.06. The predicted octanol–water partition coefficient (Wildman–Crippen LogP) is 2.79. The van der Waals surface area contributed by atoms with Crippen LogP contribution in [0.15, 0.2) is 23.2 Å². The Balaban J connectivity index is 2.17. The average Bonchev–Trinajstić information content (AvgIpc) is 2.68. The summed E-state index contributed by atoms with van der Waals surface area (Å²) >= 11 is 0. The summed E-state index contributed by atoms with van der Waals surface area (Å²) in [4.78, 5) is 8.90. The Morgan fingerprint density at radius 3 is 2.73 bits per heavy atom. The summed E-state index contributed by atoms with van der Waals surface area (Å²) in [5.74, 6) is 1.73. The highest BCUT2D eigenvalue weighted by Gasteiger charge is 2.31. The Labute approximate surface area is 175 Å². The lowest BCUT2D eigenvalue weighted by Gasteiger charge is -2.27. The van der Waals surface area contributed by atoms with Crippen LogP contribution in [-0.2, 0) is 0 Å². The minimum atomic E-state index is -0.633. The molecule has 1 aliphatic heterocycles. The van der Waals surface area contributed by atoms with E-state index in [2.05, 4.69) is 34.5 Å². The van der Waals surface area contributed by atoms with Crippen molar-refractivity contribution >= 4 is 23.3 Å². The number of rotatable bonds is 5. The SMILES string of the molecule is Cc1ccc(OCCC(C)C)c(C2N=C(NC#N)Nc3nc(N)c(C#N)c(N)c32)c1. The molecule has 2 heterocycles. The van der Waals surface area contributed by atoms with E-state index in [1.807, 2.05) is 37.4 Å². The predicted molar refractivity (Wildman–Crippen MR) is 116 cm³/mol. The normalized spacial score (nSPS) is 14.7. The second-order valence-electron chi connectivity index (χ2n) is 7.47. The molecule has 0 saturated carbocycles. The van der Waals surface area contributed by atoms with E-state index in [0.29, 0.717) is 29.7 Å². The van der Waals surface area contributed by atoms with Gasteiger partial charge in [-0.15, -0.1) is 0 Å². The molecular formula is C21H24N8O. The molecule has 3 rings (SSSR count). The van der Waals surface area contributed by atoms with Crippen molar-refractivity contribution < 1.29 is 4.74 Å². The van der Waals surface area contributed by atoms with Crippen molar-refractivity contribution in [1.29, 1.82) is 10.5 Å². The van der Waals surface area contributed by atoms with E-state index < -0.39 is 6.04 Å². The fourth-order valence-corrected chi connectivity index (χ4v) is 3.22. The number of aromatic nitrogens is 1. The molecule has 0 aliphatic carbocycles. The molecule has 0 fully saturated rings. The van der Waals surface area contributed by atoms with Gasteiger partial charge in [-0.25, -0.2) is 9.98 Å². The van der Waals surface area contributed by atoms with Crippen molar-refractivity contribution in [2.75, 3.05) is 23.4 Å². The number of guanidine groups is 1. The van der Waals surface area contributed by atoms with Gasteiger partial charge in [0, 0.05) is 11.1 Å². The minimum absolute atomic E-state index is 0.0101. The number of anilines is 3. The topological polar surface area (TPSA) is 158 Å². The maximum Gasteiger partial charge on any atom is 0.211 e. The fourth-order valence-electron chi connectivity index (χ4n) is 3.22. The summed E-state index contributed by atoms with van der Waals surface area (Å²) in [5.41, 5.74) is 14.8. The van der Waals surface area contributed by atoms with Crippen LogP contribution in [0.5, 0.6) is 5.75 Å². The largest absolute Gasteiger partial charge is 0.493 e. The molecule has 0 saturated heterocycles. The van der Waals surface area contributed by atoms with Crippen molar-refractivity contribution in [2.24, 2.45) is 10.9 Å². The molecule has 2 aromatic rings. The number of ether oxygens (including phenoxy) is 1. The number of hydrogen-bond acceptors (Lipinski definition) is 9. The molecule has 1 atom stereocenters. The van der Waals surface area contributed by atoms with Gasteiger partial charge in [0.25, 0.3) is 0 Å². The monoisotopic (exact) mass is 404 g/mol. The first-order chi connectivity index (χ1) is 14.3. The lowest BCUT2D eigenvalue weighted by Crippen LogP contribution is -2.33. The zero-order valence-corrected chi connectivity index (χ0v) is 17.2. The van der Waals surface area contributed by atoms with E-state index in [1.165, 1.54) is 0 Å². The Kier molecular flexibility index (Phi) is 5.93. The first-order valence-corrected chi connectivity index (χ1v) is 9.57. The maximum absolute atomic E-state index is 9.47. The van der Waals surface area contributed by atoms with Gasteiger partial charge < -0.3 is 21.5 Å². The van der Waals surface area contributed by atoms with Gasteiger partial charge in [0.1, 0.15) is 35.1 Å². The lowest BCUT2D eigenvalue weighted by molar-refractivity contribution is 0.286. The molecule has 1 unspecified atom stereocenters. The number of nitriles is 2. The third-order valence-corrected chi connectivity index (χ3v) is 4.77. The third kappa shape index (κ3) is 4.06. The van der Waals surface area contributed by atoms with E-state index in [4.69, 9.17) is 21.5 Å². The number of aryl methyl sites for hydroxylation is 1. The van der Waals surface area contributed by atoms with Crippen LogP contribution in [0.3, 0.4) is 0 Å². The number of nitrogens with two attached hydrogens (primary N) is 2. The van der Waals surface area contributed by atoms with E-state index >= 15 is 0 Å². The molecule has 30 heavy (non-hydrogen) atoms. The molecular weight excluding hydrogens is 380 g/mol. The van der Waals surface area contributed by atoms with Crippen molar-refractivity contribution in [1.82, 2.24) is 10.3 Å². The van der Waals surface area contributed by atoms with Crippen LogP contribution in [0.2, 0.25) is 0 Å². The number of nitrogen functional groups attached to an aromatic ring is 2. The smallest absolute Gasteiger partial charge is 0.211 e.